The van der Waals surface area contributed by atoms with E-state index in [1.807, 2.05) is 0 Å². The van der Waals surface area contributed by atoms with Gasteiger partial charge >= 0.3 is 11.9 Å². The molecule has 1 atom stereocenters. The number of carbonyl (C=O) groups excluding carboxylic acids is 2. The van der Waals surface area contributed by atoms with Crippen molar-refractivity contribution >= 4 is 40.9 Å². The van der Waals surface area contributed by atoms with Crippen LogP contribution in [-0.4, -0.2) is 54.7 Å². The lowest BCUT2D eigenvalue weighted by molar-refractivity contribution is -0.142. The van der Waals surface area contributed by atoms with Crippen LogP contribution in [0.5, 0.6) is 11.5 Å². The van der Waals surface area contributed by atoms with Crippen LogP contribution in [0.15, 0.2) is 12.1 Å². The number of fused-ring (bicyclic) bond motifs is 1. The third kappa shape index (κ3) is 4.99. The molecule has 2 rings (SSSR count). The lowest BCUT2D eigenvalue weighted by atomic mass is 10.1. The van der Waals surface area contributed by atoms with Crippen LogP contribution < -0.4 is 10.1 Å². The summed E-state index contributed by atoms with van der Waals surface area (Å²) < 4.78 is 15.1. The fourth-order valence-electron chi connectivity index (χ4n) is 2.25. The van der Waals surface area contributed by atoms with Crippen LogP contribution in [0.4, 0.5) is 0 Å². The molecule has 0 fully saturated rings. The minimum absolute atomic E-state index is 0.0586. The molecule has 7 nitrogen and oxygen atoms in total. The zero-order chi connectivity index (χ0) is 18.4. The Morgan fingerprint density at radius 1 is 1.44 bits per heavy atom. The second kappa shape index (κ2) is 8.91. The lowest BCUT2D eigenvalue weighted by Gasteiger charge is -2.20. The number of hydrogen-bond donors (Lipinski definition) is 2. The molecule has 1 heterocycles. The molecule has 0 saturated carbocycles. The number of ether oxygens (including phenoxy) is 3. The summed E-state index contributed by atoms with van der Waals surface area (Å²) in [6.07, 6.45) is 0.282. The van der Waals surface area contributed by atoms with Gasteiger partial charge in [0.15, 0.2) is 0 Å². The quantitative estimate of drug-likeness (QED) is 0.582. The molecule has 0 spiro atoms. The highest BCUT2D eigenvalue weighted by Crippen LogP contribution is 2.32. The molecule has 0 unspecified atom stereocenters. The van der Waals surface area contributed by atoms with E-state index in [2.05, 4.69) is 5.32 Å². The summed E-state index contributed by atoms with van der Waals surface area (Å²) in [5, 5.41) is 13.1. The number of benzene rings is 1. The Bertz CT molecular complexity index is 679. The van der Waals surface area contributed by atoms with E-state index in [0.29, 0.717) is 27.8 Å². The standard InChI is InChI=1S/C16H19NO6S2/c1-21-9-5-10-11(13(18)6-9)7-25-8-12(16(20)22-2)17-14(24)3-4-23-15(10)19/h5-6,12,18H,3-4,7-8H2,1-2H3,(H,17,24)/t12-/m0/s1. The molecule has 1 aromatic rings. The summed E-state index contributed by atoms with van der Waals surface area (Å²) in [4.78, 5) is 24.6. The molecule has 1 aliphatic heterocycles. The molecule has 0 bridgehead atoms. The topological polar surface area (TPSA) is 94.1 Å². The van der Waals surface area contributed by atoms with Crippen molar-refractivity contribution in [2.75, 3.05) is 26.6 Å². The predicted octanol–water partition coefficient (Wildman–Crippen LogP) is 1.65. The maximum Gasteiger partial charge on any atom is 0.338 e. The van der Waals surface area contributed by atoms with E-state index < -0.39 is 18.0 Å². The van der Waals surface area contributed by atoms with Crippen molar-refractivity contribution in [3.05, 3.63) is 23.3 Å². The van der Waals surface area contributed by atoms with Crippen LogP contribution in [0.3, 0.4) is 0 Å². The number of hydrogen-bond acceptors (Lipinski definition) is 8. The van der Waals surface area contributed by atoms with Crippen LogP contribution in [0.25, 0.3) is 0 Å². The molecule has 9 heteroatoms. The number of phenols is 1. The van der Waals surface area contributed by atoms with E-state index >= 15 is 0 Å². The van der Waals surface area contributed by atoms with Gasteiger partial charge in [0.2, 0.25) is 0 Å². The fourth-order valence-corrected chi connectivity index (χ4v) is 3.56. The number of thioether (sulfide) groups is 1. The minimum Gasteiger partial charge on any atom is -0.507 e. The van der Waals surface area contributed by atoms with Crippen LogP contribution in [-0.2, 0) is 20.0 Å². The Kier molecular flexibility index (Phi) is 6.89. The number of cyclic esters (lactones) is 1. The number of rotatable bonds is 2. The van der Waals surface area contributed by atoms with Crippen molar-refractivity contribution in [2.24, 2.45) is 0 Å². The Morgan fingerprint density at radius 2 is 2.20 bits per heavy atom. The highest BCUT2D eigenvalue weighted by Gasteiger charge is 2.24. The van der Waals surface area contributed by atoms with Gasteiger partial charge in [0.05, 0.1) is 31.4 Å². The first-order valence-electron chi connectivity index (χ1n) is 7.48. The summed E-state index contributed by atoms with van der Waals surface area (Å²) in [7, 11) is 2.75. The Hall–Kier alpha value is -2.00. The van der Waals surface area contributed by atoms with E-state index in [9.17, 15) is 14.7 Å². The highest BCUT2D eigenvalue weighted by molar-refractivity contribution is 7.98. The van der Waals surface area contributed by atoms with Gasteiger partial charge in [0.1, 0.15) is 17.5 Å². The Labute approximate surface area is 155 Å². The van der Waals surface area contributed by atoms with Crippen molar-refractivity contribution in [2.45, 2.75) is 18.2 Å². The summed E-state index contributed by atoms with van der Waals surface area (Å²) in [6, 6.07) is 2.35. The minimum atomic E-state index is -0.610. The third-order valence-electron chi connectivity index (χ3n) is 3.57. The van der Waals surface area contributed by atoms with E-state index in [0.717, 1.165) is 0 Å². The van der Waals surface area contributed by atoms with Crippen molar-refractivity contribution < 1.29 is 28.9 Å². The molecule has 25 heavy (non-hydrogen) atoms. The molecule has 1 aliphatic rings. The molecule has 1 aromatic carbocycles. The lowest BCUT2D eigenvalue weighted by Crippen LogP contribution is -2.43. The summed E-state index contributed by atoms with van der Waals surface area (Å²) in [5.41, 5.74) is 0.668. The maximum atomic E-state index is 12.3. The molecular weight excluding hydrogens is 366 g/mol. The molecular formula is C16H19NO6S2. The summed E-state index contributed by atoms with van der Waals surface area (Å²) >= 11 is 6.54. The van der Waals surface area contributed by atoms with Crippen LogP contribution in [0, 0.1) is 0 Å². The second-order valence-corrected chi connectivity index (χ2v) is 6.74. The summed E-state index contributed by atoms with van der Waals surface area (Å²) in [6.45, 7) is 0.0586. The van der Waals surface area contributed by atoms with E-state index in [1.54, 1.807) is 0 Å². The second-order valence-electron chi connectivity index (χ2n) is 5.22. The van der Waals surface area contributed by atoms with Gasteiger partial charge in [-0.3, -0.25) is 0 Å². The van der Waals surface area contributed by atoms with E-state index in [-0.39, 0.29) is 24.3 Å². The van der Waals surface area contributed by atoms with Gasteiger partial charge < -0.3 is 24.6 Å². The van der Waals surface area contributed by atoms with Gasteiger partial charge in [-0.2, -0.15) is 11.8 Å². The predicted molar refractivity (Wildman–Crippen MR) is 97.3 cm³/mol. The average molecular weight is 385 g/mol. The fraction of sp³-hybridized carbons (Fsp3) is 0.438. The zero-order valence-corrected chi connectivity index (χ0v) is 15.5. The number of nitrogens with one attached hydrogen (secondary N) is 1. The first kappa shape index (κ1) is 19.3. The summed E-state index contributed by atoms with van der Waals surface area (Å²) in [5.74, 6) is -0.0146. The number of thiocarbonyl (C=S) groups is 1. The number of esters is 2. The van der Waals surface area contributed by atoms with Crippen LogP contribution in [0.1, 0.15) is 22.3 Å². The highest BCUT2D eigenvalue weighted by atomic mass is 32.2. The van der Waals surface area contributed by atoms with Gasteiger partial charge in [-0.1, -0.05) is 12.2 Å². The van der Waals surface area contributed by atoms with E-state index in [4.69, 9.17) is 26.4 Å². The van der Waals surface area contributed by atoms with Gasteiger partial charge in [0.25, 0.3) is 0 Å². The van der Waals surface area contributed by atoms with Crippen molar-refractivity contribution in [3.8, 4) is 11.5 Å². The Morgan fingerprint density at radius 3 is 2.88 bits per heavy atom. The molecule has 0 aromatic heterocycles. The monoisotopic (exact) mass is 385 g/mol. The van der Waals surface area contributed by atoms with Crippen molar-refractivity contribution in [1.82, 2.24) is 5.32 Å². The number of carbonyl (C=O) groups is 2. The van der Waals surface area contributed by atoms with Crippen molar-refractivity contribution in [1.29, 1.82) is 0 Å². The van der Waals surface area contributed by atoms with Gasteiger partial charge in [0, 0.05) is 29.6 Å². The molecule has 0 radical (unpaired) electrons. The Balaban J connectivity index is 2.31. The van der Waals surface area contributed by atoms with E-state index in [1.165, 1.54) is 38.1 Å². The largest absolute Gasteiger partial charge is 0.507 e. The molecule has 0 saturated heterocycles. The zero-order valence-electron chi connectivity index (χ0n) is 13.9. The number of phenolic OH excluding ortho intramolecular Hbond substituents is 1. The normalized spacial score (nSPS) is 18.7. The van der Waals surface area contributed by atoms with Crippen molar-refractivity contribution in [3.63, 3.8) is 0 Å². The molecule has 136 valence electrons. The first-order valence-corrected chi connectivity index (χ1v) is 9.04. The first-order chi connectivity index (χ1) is 12.0. The average Bonchev–Trinajstić information content (AvgIpc) is 2.59. The molecule has 0 amide bonds. The molecule has 0 aliphatic carbocycles. The van der Waals surface area contributed by atoms with Crippen LogP contribution in [0.2, 0.25) is 0 Å². The van der Waals surface area contributed by atoms with Gasteiger partial charge in [-0.05, 0) is 6.07 Å². The smallest absolute Gasteiger partial charge is 0.338 e. The van der Waals surface area contributed by atoms with Gasteiger partial charge in [-0.25, -0.2) is 9.59 Å². The van der Waals surface area contributed by atoms with Crippen LogP contribution >= 0.6 is 24.0 Å². The SMILES string of the molecule is COC(=O)[C@@H]1CSCc2c(O)cc(OC)cc2C(=O)OCCC(=S)N1. The number of aromatic hydroxyl groups is 1. The van der Waals surface area contributed by atoms with Gasteiger partial charge in [-0.15, -0.1) is 0 Å². The third-order valence-corrected chi connectivity index (χ3v) is 4.95. The molecule has 2 N–H and O–H groups in total. The maximum absolute atomic E-state index is 12.3. The number of methoxy groups -OCH3 is 2.